The molecule has 5 heteroatoms. The average Bonchev–Trinajstić information content (AvgIpc) is 2.49. The summed E-state index contributed by atoms with van der Waals surface area (Å²) in [5.41, 5.74) is 2.32. The number of ether oxygens (including phenoxy) is 3. The SMILES string of the molecule is C=CC(=O)OCc1cc(C)cc(COC(=O)C=C)c1OC. The van der Waals surface area contributed by atoms with Crippen LogP contribution in [-0.4, -0.2) is 19.0 Å². The molecule has 0 saturated heterocycles. The lowest BCUT2D eigenvalue weighted by Gasteiger charge is -2.15. The van der Waals surface area contributed by atoms with Gasteiger partial charge >= 0.3 is 11.9 Å². The first-order chi connectivity index (χ1) is 10.0. The third-order valence-corrected chi connectivity index (χ3v) is 2.66. The molecule has 0 radical (unpaired) electrons. The Kier molecular flexibility index (Phi) is 6.20. The van der Waals surface area contributed by atoms with Crippen LogP contribution >= 0.6 is 0 Å². The largest absolute Gasteiger partial charge is 0.496 e. The van der Waals surface area contributed by atoms with Gasteiger partial charge in [-0.1, -0.05) is 18.7 Å². The smallest absolute Gasteiger partial charge is 0.330 e. The zero-order valence-corrected chi connectivity index (χ0v) is 12.2. The summed E-state index contributed by atoms with van der Waals surface area (Å²) in [5.74, 6) is -0.509. The van der Waals surface area contributed by atoms with Gasteiger partial charge in [0.25, 0.3) is 0 Å². The molecule has 0 saturated carbocycles. The standard InChI is InChI=1S/C16H18O5/c1-5-14(17)20-9-12-7-11(3)8-13(16(12)19-4)10-21-15(18)6-2/h5-8H,1-2,9-10H2,3-4H3. The van der Waals surface area contributed by atoms with Crippen LogP contribution in [0, 0.1) is 6.92 Å². The highest BCUT2D eigenvalue weighted by molar-refractivity contribution is 5.81. The number of carbonyl (C=O) groups is 2. The average molecular weight is 290 g/mol. The number of rotatable bonds is 7. The predicted molar refractivity (Wildman–Crippen MR) is 77.7 cm³/mol. The van der Waals surface area contributed by atoms with Crippen molar-refractivity contribution in [2.45, 2.75) is 20.1 Å². The minimum absolute atomic E-state index is 0.0537. The highest BCUT2D eigenvalue weighted by Crippen LogP contribution is 2.27. The molecule has 0 heterocycles. The van der Waals surface area contributed by atoms with Crippen molar-refractivity contribution >= 4 is 11.9 Å². The summed E-state index contributed by atoms with van der Waals surface area (Å²) < 4.78 is 15.4. The Morgan fingerprint density at radius 2 is 1.48 bits per heavy atom. The second-order valence-electron chi connectivity index (χ2n) is 4.24. The van der Waals surface area contributed by atoms with Gasteiger partial charge in [0.05, 0.1) is 7.11 Å². The molecular formula is C16H18O5. The number of hydrogen-bond acceptors (Lipinski definition) is 5. The van der Waals surface area contributed by atoms with Gasteiger partial charge in [-0.25, -0.2) is 9.59 Å². The van der Waals surface area contributed by atoms with Crippen molar-refractivity contribution < 1.29 is 23.8 Å². The van der Waals surface area contributed by atoms with Gasteiger partial charge in [0, 0.05) is 23.3 Å². The molecule has 0 aliphatic rings. The molecule has 1 aromatic carbocycles. The fraction of sp³-hybridized carbons (Fsp3) is 0.250. The summed E-state index contributed by atoms with van der Waals surface area (Å²) >= 11 is 0. The van der Waals surface area contributed by atoms with E-state index in [1.165, 1.54) is 7.11 Å². The number of aryl methyl sites for hydroxylation is 1. The van der Waals surface area contributed by atoms with E-state index in [1.54, 1.807) is 0 Å². The lowest BCUT2D eigenvalue weighted by atomic mass is 10.1. The van der Waals surface area contributed by atoms with Crippen molar-refractivity contribution in [2.24, 2.45) is 0 Å². The lowest BCUT2D eigenvalue weighted by molar-refractivity contribution is -0.139. The monoisotopic (exact) mass is 290 g/mol. The van der Waals surface area contributed by atoms with E-state index in [0.29, 0.717) is 16.9 Å². The molecule has 0 aliphatic carbocycles. The van der Waals surface area contributed by atoms with Crippen LogP contribution < -0.4 is 4.74 Å². The van der Waals surface area contributed by atoms with Crippen LogP contribution in [0.1, 0.15) is 16.7 Å². The van der Waals surface area contributed by atoms with Gasteiger partial charge in [0.2, 0.25) is 0 Å². The van der Waals surface area contributed by atoms with E-state index in [9.17, 15) is 9.59 Å². The third-order valence-electron chi connectivity index (χ3n) is 2.66. The molecule has 1 rings (SSSR count). The Morgan fingerprint density at radius 1 is 1.05 bits per heavy atom. The summed E-state index contributed by atoms with van der Waals surface area (Å²) in [6, 6.07) is 3.68. The Hall–Kier alpha value is -2.56. The van der Waals surface area contributed by atoms with Gasteiger partial charge in [0.1, 0.15) is 19.0 Å². The highest BCUT2D eigenvalue weighted by Gasteiger charge is 2.13. The summed E-state index contributed by atoms with van der Waals surface area (Å²) in [5, 5.41) is 0. The van der Waals surface area contributed by atoms with Crippen LogP contribution in [0.25, 0.3) is 0 Å². The van der Waals surface area contributed by atoms with Crippen molar-refractivity contribution in [1.29, 1.82) is 0 Å². The second-order valence-corrected chi connectivity index (χ2v) is 4.24. The van der Waals surface area contributed by atoms with Crippen LogP contribution in [0.2, 0.25) is 0 Å². The molecule has 0 aliphatic heterocycles. The second kappa shape index (κ2) is 7.89. The predicted octanol–water partition coefficient (Wildman–Crippen LogP) is 2.46. The third kappa shape index (κ3) is 4.80. The molecule has 0 bridgehead atoms. The summed E-state index contributed by atoms with van der Waals surface area (Å²) in [6.07, 6.45) is 2.18. The van der Waals surface area contributed by atoms with Gasteiger partial charge in [-0.2, -0.15) is 0 Å². The minimum atomic E-state index is -0.516. The Bertz CT molecular complexity index is 515. The van der Waals surface area contributed by atoms with Crippen molar-refractivity contribution in [3.63, 3.8) is 0 Å². The number of esters is 2. The first kappa shape index (κ1) is 16.5. The van der Waals surface area contributed by atoms with Crippen LogP contribution in [0.4, 0.5) is 0 Å². The first-order valence-corrected chi connectivity index (χ1v) is 6.26. The zero-order valence-electron chi connectivity index (χ0n) is 12.2. The summed E-state index contributed by atoms with van der Waals surface area (Å²) in [6.45, 7) is 8.67. The maximum absolute atomic E-state index is 11.1. The molecule has 0 spiro atoms. The van der Waals surface area contributed by atoms with Crippen molar-refractivity contribution in [1.82, 2.24) is 0 Å². The van der Waals surface area contributed by atoms with E-state index in [1.807, 2.05) is 19.1 Å². The Morgan fingerprint density at radius 3 is 1.81 bits per heavy atom. The van der Waals surface area contributed by atoms with E-state index in [4.69, 9.17) is 14.2 Å². The van der Waals surface area contributed by atoms with E-state index in [-0.39, 0.29) is 13.2 Å². The van der Waals surface area contributed by atoms with Crippen molar-refractivity contribution in [3.8, 4) is 5.75 Å². The molecule has 0 fully saturated rings. The molecule has 21 heavy (non-hydrogen) atoms. The fourth-order valence-corrected chi connectivity index (χ4v) is 1.82. The van der Waals surface area contributed by atoms with Crippen LogP contribution in [-0.2, 0) is 32.3 Å². The normalized spacial score (nSPS) is 9.62. The lowest BCUT2D eigenvalue weighted by Crippen LogP contribution is -2.06. The van der Waals surface area contributed by atoms with E-state index >= 15 is 0 Å². The molecular weight excluding hydrogens is 272 g/mol. The molecule has 1 aromatic rings. The summed E-state index contributed by atoms with van der Waals surface area (Å²) in [4.78, 5) is 22.3. The number of hydrogen-bond donors (Lipinski definition) is 0. The topological polar surface area (TPSA) is 61.8 Å². The van der Waals surface area contributed by atoms with Crippen molar-refractivity contribution in [2.75, 3.05) is 7.11 Å². The van der Waals surface area contributed by atoms with Crippen LogP contribution in [0.15, 0.2) is 37.4 Å². The molecule has 0 unspecified atom stereocenters. The number of benzene rings is 1. The van der Waals surface area contributed by atoms with Crippen molar-refractivity contribution in [3.05, 3.63) is 54.1 Å². The van der Waals surface area contributed by atoms with Crippen LogP contribution in [0.5, 0.6) is 5.75 Å². The fourth-order valence-electron chi connectivity index (χ4n) is 1.82. The highest BCUT2D eigenvalue weighted by atomic mass is 16.5. The quantitative estimate of drug-likeness (QED) is 0.570. The van der Waals surface area contributed by atoms with Crippen LogP contribution in [0.3, 0.4) is 0 Å². The van der Waals surface area contributed by atoms with Gasteiger partial charge in [-0.15, -0.1) is 0 Å². The summed E-state index contributed by atoms with van der Waals surface area (Å²) in [7, 11) is 1.50. The number of carbonyl (C=O) groups excluding carboxylic acids is 2. The molecule has 0 aromatic heterocycles. The Balaban J connectivity index is 2.99. The first-order valence-electron chi connectivity index (χ1n) is 6.26. The van der Waals surface area contributed by atoms with Gasteiger partial charge in [0.15, 0.2) is 0 Å². The molecule has 112 valence electrons. The molecule has 5 nitrogen and oxygen atoms in total. The molecule has 0 amide bonds. The zero-order chi connectivity index (χ0) is 15.8. The molecule has 0 N–H and O–H groups in total. The minimum Gasteiger partial charge on any atom is -0.496 e. The van der Waals surface area contributed by atoms with Gasteiger partial charge < -0.3 is 14.2 Å². The maximum atomic E-state index is 11.1. The van der Waals surface area contributed by atoms with Gasteiger partial charge in [-0.05, 0) is 19.1 Å². The van der Waals surface area contributed by atoms with E-state index in [0.717, 1.165) is 17.7 Å². The van der Waals surface area contributed by atoms with E-state index < -0.39 is 11.9 Å². The van der Waals surface area contributed by atoms with Gasteiger partial charge in [-0.3, -0.25) is 0 Å². The molecule has 0 atom stereocenters. The van der Waals surface area contributed by atoms with E-state index in [2.05, 4.69) is 13.2 Å². The number of methoxy groups -OCH3 is 1. The Labute approximate surface area is 123 Å². The maximum Gasteiger partial charge on any atom is 0.330 e.